The van der Waals surface area contributed by atoms with Crippen molar-refractivity contribution >= 4 is 17.3 Å². The summed E-state index contributed by atoms with van der Waals surface area (Å²) in [5, 5.41) is 6.25. The molecule has 2 N–H and O–H groups in total. The lowest BCUT2D eigenvalue weighted by Gasteiger charge is -2.12. The van der Waals surface area contributed by atoms with Crippen LogP contribution in [0, 0.1) is 5.92 Å². The van der Waals surface area contributed by atoms with Crippen molar-refractivity contribution in [3.8, 4) is 0 Å². The molecule has 2 aromatic rings. The number of benzene rings is 1. The van der Waals surface area contributed by atoms with Gasteiger partial charge in [0.2, 0.25) is 0 Å². The number of carbonyl (C=O) groups excluding carboxylic acids is 1. The molecular weight excluding hydrogens is 274 g/mol. The van der Waals surface area contributed by atoms with Crippen LogP contribution >= 0.6 is 0 Å². The highest BCUT2D eigenvalue weighted by molar-refractivity contribution is 5.94. The largest absolute Gasteiger partial charge is 0.354 e. The molecule has 0 unspecified atom stereocenters. The number of aryl methyl sites for hydroxylation is 1. The van der Waals surface area contributed by atoms with Crippen LogP contribution in [0.3, 0.4) is 0 Å². The van der Waals surface area contributed by atoms with E-state index in [4.69, 9.17) is 0 Å². The maximum absolute atomic E-state index is 12.1. The Bertz CT molecular complexity index is 638. The summed E-state index contributed by atoms with van der Waals surface area (Å²) in [4.78, 5) is 16.3. The highest BCUT2D eigenvalue weighted by Crippen LogP contribution is 2.21. The molecule has 4 heteroatoms. The normalized spacial score (nSPS) is 10.5. The molecule has 2 rings (SSSR count). The third-order valence-corrected chi connectivity index (χ3v) is 3.35. The fourth-order valence-electron chi connectivity index (χ4n) is 2.14. The van der Waals surface area contributed by atoms with Gasteiger partial charge in [0.1, 0.15) is 0 Å². The van der Waals surface area contributed by atoms with Gasteiger partial charge in [-0.05, 0) is 30.0 Å². The Hall–Kier alpha value is -2.36. The van der Waals surface area contributed by atoms with E-state index in [1.165, 1.54) is 5.56 Å². The third kappa shape index (κ3) is 4.32. The average Bonchev–Trinajstić information content (AvgIpc) is 2.53. The number of nitrogens with zero attached hydrogens (tertiary/aromatic N) is 1. The molecule has 1 heterocycles. The molecule has 1 aromatic heterocycles. The summed E-state index contributed by atoms with van der Waals surface area (Å²) in [6, 6.07) is 9.97. The maximum Gasteiger partial charge on any atom is 0.252 e. The molecule has 0 aliphatic carbocycles. The zero-order valence-electron chi connectivity index (χ0n) is 13.4. The van der Waals surface area contributed by atoms with Crippen molar-refractivity contribution in [2.24, 2.45) is 5.92 Å². The topological polar surface area (TPSA) is 54.0 Å². The minimum absolute atomic E-state index is 0.0892. The van der Waals surface area contributed by atoms with Crippen LogP contribution in [0.1, 0.15) is 36.7 Å². The van der Waals surface area contributed by atoms with E-state index in [-0.39, 0.29) is 5.91 Å². The first-order valence-corrected chi connectivity index (χ1v) is 7.68. The zero-order chi connectivity index (χ0) is 15.9. The second kappa shape index (κ2) is 7.59. The summed E-state index contributed by atoms with van der Waals surface area (Å²) < 4.78 is 0. The summed E-state index contributed by atoms with van der Waals surface area (Å²) >= 11 is 0. The first-order valence-electron chi connectivity index (χ1n) is 7.68. The molecule has 0 radical (unpaired) electrons. The van der Waals surface area contributed by atoms with Gasteiger partial charge in [-0.2, -0.15) is 0 Å². The molecule has 22 heavy (non-hydrogen) atoms. The van der Waals surface area contributed by atoms with Gasteiger partial charge in [0, 0.05) is 18.4 Å². The molecule has 0 saturated carbocycles. The van der Waals surface area contributed by atoms with Gasteiger partial charge in [-0.3, -0.25) is 9.78 Å². The Morgan fingerprint density at radius 2 is 2.00 bits per heavy atom. The third-order valence-electron chi connectivity index (χ3n) is 3.35. The fourth-order valence-corrected chi connectivity index (χ4v) is 2.14. The van der Waals surface area contributed by atoms with Gasteiger partial charge in [-0.15, -0.1) is 0 Å². The smallest absolute Gasteiger partial charge is 0.252 e. The van der Waals surface area contributed by atoms with Crippen LogP contribution < -0.4 is 10.6 Å². The fraction of sp³-hybridized carbons (Fsp3) is 0.333. The zero-order valence-corrected chi connectivity index (χ0v) is 13.4. The number of hydrogen-bond donors (Lipinski definition) is 2. The standard InChI is InChI=1S/C18H23N3O/c1-4-14-7-5-6-8-17(14)21-16-9-15(11-19-12-16)18(22)20-10-13(2)3/h5-9,11-13,21H,4,10H2,1-3H3,(H,20,22). The molecule has 1 aromatic carbocycles. The van der Waals surface area contributed by atoms with Crippen molar-refractivity contribution in [1.82, 2.24) is 10.3 Å². The van der Waals surface area contributed by atoms with E-state index in [0.717, 1.165) is 17.8 Å². The van der Waals surface area contributed by atoms with Crippen LogP contribution in [0.2, 0.25) is 0 Å². The monoisotopic (exact) mass is 297 g/mol. The molecular formula is C18H23N3O. The second-order valence-corrected chi connectivity index (χ2v) is 5.70. The number of anilines is 2. The number of hydrogen-bond acceptors (Lipinski definition) is 3. The van der Waals surface area contributed by atoms with Crippen LogP contribution in [0.5, 0.6) is 0 Å². The molecule has 0 atom stereocenters. The van der Waals surface area contributed by atoms with Gasteiger partial charge in [0.05, 0.1) is 17.4 Å². The Morgan fingerprint density at radius 1 is 1.23 bits per heavy atom. The maximum atomic E-state index is 12.1. The van der Waals surface area contributed by atoms with Crippen LogP contribution in [-0.2, 0) is 6.42 Å². The van der Waals surface area contributed by atoms with E-state index in [9.17, 15) is 4.79 Å². The number of nitrogens with one attached hydrogen (secondary N) is 2. The van der Waals surface area contributed by atoms with Crippen molar-refractivity contribution in [3.63, 3.8) is 0 Å². The summed E-state index contributed by atoms with van der Waals surface area (Å²) in [5.41, 5.74) is 3.67. The first-order chi connectivity index (χ1) is 10.6. The predicted molar refractivity (Wildman–Crippen MR) is 90.5 cm³/mol. The lowest BCUT2D eigenvalue weighted by molar-refractivity contribution is 0.0948. The SMILES string of the molecule is CCc1ccccc1Nc1cncc(C(=O)NCC(C)C)c1. The van der Waals surface area contributed by atoms with Crippen LogP contribution in [0.4, 0.5) is 11.4 Å². The van der Waals surface area contributed by atoms with E-state index in [1.807, 2.05) is 24.3 Å². The molecule has 1 amide bonds. The highest BCUT2D eigenvalue weighted by Gasteiger charge is 2.08. The van der Waals surface area contributed by atoms with Gasteiger partial charge in [0.15, 0.2) is 0 Å². The van der Waals surface area contributed by atoms with Crippen LogP contribution in [0.25, 0.3) is 0 Å². The molecule has 0 saturated heterocycles. The van der Waals surface area contributed by atoms with Crippen molar-refractivity contribution in [3.05, 3.63) is 53.9 Å². The van der Waals surface area contributed by atoms with E-state index in [0.29, 0.717) is 18.0 Å². The summed E-state index contributed by atoms with van der Waals surface area (Å²) in [5.74, 6) is 0.336. The Kier molecular flexibility index (Phi) is 5.53. The summed E-state index contributed by atoms with van der Waals surface area (Å²) in [6.07, 6.45) is 4.27. The second-order valence-electron chi connectivity index (χ2n) is 5.70. The Balaban J connectivity index is 2.13. The summed E-state index contributed by atoms with van der Waals surface area (Å²) in [7, 11) is 0. The van der Waals surface area contributed by atoms with Crippen LogP contribution in [-0.4, -0.2) is 17.4 Å². The van der Waals surface area contributed by atoms with Crippen molar-refractivity contribution < 1.29 is 4.79 Å². The first kappa shape index (κ1) is 16.0. The van der Waals surface area contributed by atoms with Crippen molar-refractivity contribution in [2.45, 2.75) is 27.2 Å². The quantitative estimate of drug-likeness (QED) is 0.853. The minimum Gasteiger partial charge on any atom is -0.354 e. The predicted octanol–water partition coefficient (Wildman–Crippen LogP) is 3.77. The van der Waals surface area contributed by atoms with Crippen molar-refractivity contribution in [1.29, 1.82) is 0 Å². The number of pyridine rings is 1. The lowest BCUT2D eigenvalue weighted by Crippen LogP contribution is -2.27. The minimum atomic E-state index is -0.0892. The van der Waals surface area contributed by atoms with Gasteiger partial charge in [0.25, 0.3) is 5.91 Å². The van der Waals surface area contributed by atoms with Crippen molar-refractivity contribution in [2.75, 3.05) is 11.9 Å². The van der Waals surface area contributed by atoms with Gasteiger partial charge >= 0.3 is 0 Å². The van der Waals surface area contributed by atoms with Gasteiger partial charge < -0.3 is 10.6 Å². The molecule has 0 aliphatic heterocycles. The van der Waals surface area contributed by atoms with E-state index >= 15 is 0 Å². The van der Waals surface area contributed by atoms with Gasteiger partial charge in [-0.1, -0.05) is 39.0 Å². The number of carbonyl (C=O) groups is 1. The number of rotatable bonds is 6. The molecule has 0 aliphatic rings. The van der Waals surface area contributed by atoms with Crippen LogP contribution in [0.15, 0.2) is 42.7 Å². The molecule has 116 valence electrons. The summed E-state index contributed by atoms with van der Waals surface area (Å²) in [6.45, 7) is 6.92. The Labute approximate surface area is 132 Å². The van der Waals surface area contributed by atoms with E-state index < -0.39 is 0 Å². The van der Waals surface area contributed by atoms with Gasteiger partial charge in [-0.25, -0.2) is 0 Å². The molecule has 0 fully saturated rings. The van der Waals surface area contributed by atoms with E-state index in [1.54, 1.807) is 12.4 Å². The molecule has 0 bridgehead atoms. The number of para-hydroxylation sites is 1. The van der Waals surface area contributed by atoms with E-state index in [2.05, 4.69) is 42.5 Å². The molecule has 0 spiro atoms. The Morgan fingerprint density at radius 3 is 2.73 bits per heavy atom. The lowest BCUT2D eigenvalue weighted by atomic mass is 10.1. The molecule has 4 nitrogen and oxygen atoms in total. The number of aromatic nitrogens is 1. The number of amides is 1. The average molecular weight is 297 g/mol. The highest BCUT2D eigenvalue weighted by atomic mass is 16.1.